The van der Waals surface area contributed by atoms with Gasteiger partial charge in [0.2, 0.25) is 5.91 Å². The fraction of sp³-hybridized carbons (Fsp3) is 0.588. The van der Waals surface area contributed by atoms with E-state index < -0.39 is 4.92 Å². The molecule has 1 N–H and O–H groups in total. The second-order valence-corrected chi connectivity index (χ2v) is 6.98. The van der Waals surface area contributed by atoms with Gasteiger partial charge >= 0.3 is 0 Å². The van der Waals surface area contributed by atoms with Gasteiger partial charge in [-0.15, -0.1) is 0 Å². The topological polar surface area (TPSA) is 93.9 Å². The molecule has 8 nitrogen and oxygen atoms in total. The van der Waals surface area contributed by atoms with E-state index in [-0.39, 0.29) is 34.6 Å². The van der Waals surface area contributed by atoms with Gasteiger partial charge in [0.25, 0.3) is 5.69 Å². The van der Waals surface area contributed by atoms with Crippen LogP contribution in [0.3, 0.4) is 0 Å². The Hall–Kier alpha value is -1.74. The predicted octanol–water partition coefficient (Wildman–Crippen LogP) is 2.66. The minimum absolute atomic E-state index is 0.116. The Labute approximate surface area is 156 Å². The van der Waals surface area contributed by atoms with Gasteiger partial charge in [-0.2, -0.15) is 0 Å². The number of piperidine rings is 1. The van der Waals surface area contributed by atoms with Crippen molar-refractivity contribution >= 4 is 28.9 Å². The molecule has 2 saturated heterocycles. The zero-order valence-electron chi connectivity index (χ0n) is 14.5. The van der Waals surface area contributed by atoms with E-state index in [0.717, 1.165) is 25.9 Å². The molecule has 0 bridgehead atoms. The van der Waals surface area contributed by atoms with Crippen LogP contribution in [0.15, 0.2) is 18.2 Å². The van der Waals surface area contributed by atoms with Gasteiger partial charge in [-0.05, 0) is 38.9 Å². The normalized spacial score (nSPS) is 20.8. The number of rotatable bonds is 5. The molecular weight excluding hydrogens is 362 g/mol. The number of hydrogen-bond donors (Lipinski definition) is 1. The maximum atomic E-state index is 12.6. The van der Waals surface area contributed by atoms with Crippen molar-refractivity contribution in [3.63, 3.8) is 0 Å². The number of hydrogen-bond acceptors (Lipinski definition) is 6. The van der Waals surface area contributed by atoms with Crippen LogP contribution in [0.2, 0.25) is 5.02 Å². The highest BCUT2D eigenvalue weighted by Crippen LogP contribution is 2.29. The number of anilines is 1. The molecule has 1 amide bonds. The lowest BCUT2D eigenvalue weighted by atomic mass is 9.95. The molecule has 26 heavy (non-hydrogen) atoms. The molecule has 0 aromatic heterocycles. The lowest BCUT2D eigenvalue weighted by Crippen LogP contribution is -2.47. The third-order valence-electron chi connectivity index (χ3n) is 4.95. The lowest BCUT2D eigenvalue weighted by Gasteiger charge is -2.36. The largest absolute Gasteiger partial charge is 0.350 e. The van der Waals surface area contributed by atoms with Crippen molar-refractivity contribution in [2.45, 2.75) is 32.1 Å². The van der Waals surface area contributed by atoms with E-state index in [1.807, 2.05) is 6.92 Å². The van der Waals surface area contributed by atoms with Gasteiger partial charge in [-0.1, -0.05) is 11.6 Å². The molecule has 9 heteroatoms. The van der Waals surface area contributed by atoms with E-state index in [0.29, 0.717) is 19.1 Å². The molecule has 2 fully saturated rings. The van der Waals surface area contributed by atoms with Gasteiger partial charge in [-0.25, -0.2) is 0 Å². The summed E-state index contributed by atoms with van der Waals surface area (Å²) in [6.07, 6.45) is 1.68. The van der Waals surface area contributed by atoms with E-state index in [1.54, 1.807) is 0 Å². The fourth-order valence-corrected chi connectivity index (χ4v) is 3.52. The zero-order valence-corrected chi connectivity index (χ0v) is 15.3. The number of halogens is 1. The van der Waals surface area contributed by atoms with Crippen molar-refractivity contribution in [1.82, 2.24) is 4.90 Å². The van der Waals surface area contributed by atoms with Crippen LogP contribution in [0.1, 0.15) is 19.8 Å². The number of nitro benzene ring substituents is 1. The standard InChI is InChI=1S/C17H22ClN3O5/c1-11(20-6-4-12(5-7-20)17-25-8-9-26-17)16(22)19-15-10-13(21(23)24)2-3-14(15)18/h2-3,10-12,17H,4-9H2,1H3,(H,19,22). The van der Waals surface area contributed by atoms with E-state index in [4.69, 9.17) is 21.1 Å². The Balaban J connectivity index is 1.57. The molecule has 142 valence electrons. The number of ether oxygens (including phenoxy) is 2. The third kappa shape index (κ3) is 4.32. The van der Waals surface area contributed by atoms with Crippen molar-refractivity contribution in [3.8, 4) is 0 Å². The van der Waals surface area contributed by atoms with Crippen LogP contribution in [0.4, 0.5) is 11.4 Å². The molecule has 1 atom stereocenters. The smallest absolute Gasteiger partial charge is 0.271 e. The second-order valence-electron chi connectivity index (χ2n) is 6.57. The predicted molar refractivity (Wildman–Crippen MR) is 96.2 cm³/mol. The van der Waals surface area contributed by atoms with E-state index in [2.05, 4.69) is 10.2 Å². The first kappa shape index (κ1) is 19.0. The first-order chi connectivity index (χ1) is 12.5. The Kier molecular flexibility index (Phi) is 6.08. The molecule has 3 rings (SSSR count). The molecule has 2 aliphatic heterocycles. The quantitative estimate of drug-likeness (QED) is 0.620. The number of nitrogens with zero attached hydrogens (tertiary/aromatic N) is 2. The highest BCUT2D eigenvalue weighted by molar-refractivity contribution is 6.33. The van der Waals surface area contributed by atoms with E-state index in [9.17, 15) is 14.9 Å². The zero-order chi connectivity index (χ0) is 18.7. The summed E-state index contributed by atoms with van der Waals surface area (Å²) in [5, 5.41) is 13.9. The van der Waals surface area contributed by atoms with E-state index in [1.165, 1.54) is 18.2 Å². The van der Waals surface area contributed by atoms with Crippen LogP contribution >= 0.6 is 11.6 Å². The number of nitro groups is 1. The summed E-state index contributed by atoms with van der Waals surface area (Å²) < 4.78 is 11.1. The van der Waals surface area contributed by atoms with Crippen LogP contribution < -0.4 is 5.32 Å². The lowest BCUT2D eigenvalue weighted by molar-refractivity contribution is -0.384. The Morgan fingerprint density at radius 1 is 1.35 bits per heavy atom. The van der Waals surface area contributed by atoms with Gasteiger partial charge in [0, 0.05) is 18.1 Å². The highest BCUT2D eigenvalue weighted by Gasteiger charge is 2.33. The van der Waals surface area contributed by atoms with Crippen LogP contribution in [0.5, 0.6) is 0 Å². The summed E-state index contributed by atoms with van der Waals surface area (Å²) in [5.41, 5.74) is 0.134. The molecule has 0 spiro atoms. The maximum absolute atomic E-state index is 12.6. The average molecular weight is 384 g/mol. The van der Waals surface area contributed by atoms with Crippen molar-refractivity contribution in [2.75, 3.05) is 31.6 Å². The maximum Gasteiger partial charge on any atom is 0.271 e. The number of carbonyl (C=O) groups excluding carboxylic acids is 1. The average Bonchev–Trinajstić information content (AvgIpc) is 3.17. The van der Waals surface area contributed by atoms with E-state index >= 15 is 0 Å². The number of non-ortho nitro benzene ring substituents is 1. The number of likely N-dealkylation sites (tertiary alicyclic amines) is 1. The molecule has 0 radical (unpaired) electrons. The van der Waals surface area contributed by atoms with Gasteiger partial charge in [0.15, 0.2) is 6.29 Å². The number of benzene rings is 1. The van der Waals surface area contributed by atoms with Crippen LogP contribution in [-0.2, 0) is 14.3 Å². The summed E-state index contributed by atoms with van der Waals surface area (Å²) in [7, 11) is 0. The Morgan fingerprint density at radius 3 is 2.62 bits per heavy atom. The van der Waals surface area contributed by atoms with Gasteiger partial charge in [-0.3, -0.25) is 19.8 Å². The molecule has 0 saturated carbocycles. The second kappa shape index (κ2) is 8.30. The first-order valence-electron chi connectivity index (χ1n) is 8.68. The van der Waals surface area contributed by atoms with Crippen molar-refractivity contribution in [1.29, 1.82) is 0 Å². The number of amides is 1. The monoisotopic (exact) mass is 383 g/mol. The molecule has 2 aliphatic rings. The summed E-state index contributed by atoms with van der Waals surface area (Å²) in [6.45, 7) is 4.65. The molecular formula is C17H22ClN3O5. The third-order valence-corrected chi connectivity index (χ3v) is 5.28. The van der Waals surface area contributed by atoms with Crippen LogP contribution in [-0.4, -0.2) is 54.4 Å². The van der Waals surface area contributed by atoms with Crippen molar-refractivity contribution in [3.05, 3.63) is 33.3 Å². The van der Waals surface area contributed by atoms with Crippen molar-refractivity contribution in [2.24, 2.45) is 5.92 Å². The molecule has 1 aromatic rings. The van der Waals surface area contributed by atoms with Gasteiger partial charge in [0.1, 0.15) is 0 Å². The highest BCUT2D eigenvalue weighted by atomic mass is 35.5. The molecule has 0 aliphatic carbocycles. The fourth-order valence-electron chi connectivity index (χ4n) is 3.35. The summed E-state index contributed by atoms with van der Waals surface area (Å²) in [4.78, 5) is 25.0. The van der Waals surface area contributed by atoms with Gasteiger partial charge < -0.3 is 14.8 Å². The molecule has 2 heterocycles. The summed E-state index contributed by atoms with van der Waals surface area (Å²) in [6, 6.07) is 3.62. The van der Waals surface area contributed by atoms with Crippen molar-refractivity contribution < 1.29 is 19.2 Å². The summed E-state index contributed by atoms with van der Waals surface area (Å²) in [5.74, 6) is 0.120. The summed E-state index contributed by atoms with van der Waals surface area (Å²) >= 11 is 6.05. The number of carbonyl (C=O) groups is 1. The molecule has 1 unspecified atom stereocenters. The molecule has 1 aromatic carbocycles. The number of nitrogens with one attached hydrogen (secondary N) is 1. The first-order valence-corrected chi connectivity index (χ1v) is 9.05. The minimum atomic E-state index is -0.520. The SMILES string of the molecule is CC(C(=O)Nc1cc([N+](=O)[O-])ccc1Cl)N1CCC(C2OCCO2)CC1. The Morgan fingerprint density at radius 2 is 2.00 bits per heavy atom. The van der Waals surface area contributed by atoms with Crippen LogP contribution in [0, 0.1) is 16.0 Å². The Bertz CT molecular complexity index is 672. The minimum Gasteiger partial charge on any atom is -0.350 e. The van der Waals surface area contributed by atoms with Gasteiger partial charge in [0.05, 0.1) is 34.9 Å². The van der Waals surface area contributed by atoms with Crippen LogP contribution in [0.25, 0.3) is 0 Å².